The van der Waals surface area contributed by atoms with E-state index in [1.165, 1.54) is 12.1 Å². The Bertz CT molecular complexity index is 757. The van der Waals surface area contributed by atoms with Crippen LogP contribution >= 0.6 is 0 Å². The van der Waals surface area contributed by atoms with E-state index >= 15 is 0 Å². The number of rotatable bonds is 6. The van der Waals surface area contributed by atoms with Crippen molar-refractivity contribution < 1.29 is 8.42 Å². The molecule has 6 nitrogen and oxygen atoms in total. The minimum absolute atomic E-state index is 0.176. The van der Waals surface area contributed by atoms with Gasteiger partial charge < -0.3 is 0 Å². The third-order valence-corrected chi connectivity index (χ3v) is 4.76. The van der Waals surface area contributed by atoms with E-state index < -0.39 is 22.1 Å². The molecule has 2 aromatic rings. The van der Waals surface area contributed by atoms with Crippen LogP contribution in [0.4, 0.5) is 0 Å². The minimum Gasteiger partial charge on any atom is -0.208 e. The van der Waals surface area contributed by atoms with Gasteiger partial charge in [0.05, 0.1) is 10.9 Å². The van der Waals surface area contributed by atoms with Gasteiger partial charge in [-0.25, -0.2) is 13.1 Å². The number of benzene rings is 2. The highest BCUT2D eigenvalue weighted by molar-refractivity contribution is 7.89. The minimum atomic E-state index is -3.66. The molecule has 0 radical (unpaired) electrons. The molecule has 0 amide bonds. The molecule has 0 aromatic heterocycles. The number of azide groups is 1. The first-order chi connectivity index (χ1) is 10.5. The van der Waals surface area contributed by atoms with Gasteiger partial charge in [-0.2, -0.15) is 0 Å². The maximum atomic E-state index is 12.3. The van der Waals surface area contributed by atoms with E-state index in [0.29, 0.717) is 0 Å². The Morgan fingerprint density at radius 1 is 1.05 bits per heavy atom. The van der Waals surface area contributed by atoms with E-state index in [1.54, 1.807) is 37.3 Å². The molecule has 0 bridgehead atoms. The second kappa shape index (κ2) is 7.09. The van der Waals surface area contributed by atoms with Crippen LogP contribution < -0.4 is 4.72 Å². The van der Waals surface area contributed by atoms with Crippen LogP contribution in [0.15, 0.2) is 70.7 Å². The third kappa shape index (κ3) is 3.85. The molecule has 0 spiro atoms. The van der Waals surface area contributed by atoms with Gasteiger partial charge in [0.15, 0.2) is 0 Å². The molecule has 114 valence electrons. The standard InChI is InChI=1S/C15H16N4O2S/c1-12(15(17-19-16)13-8-4-2-5-9-13)18-22(20,21)14-10-6-3-7-11-14/h2-12,15,18H,1H3/t12-,15-/m1/s1. The topological polar surface area (TPSA) is 94.9 Å². The van der Waals surface area contributed by atoms with Crippen molar-refractivity contribution in [1.29, 1.82) is 0 Å². The normalized spacial score (nSPS) is 13.9. The van der Waals surface area contributed by atoms with Gasteiger partial charge in [-0.3, -0.25) is 0 Å². The summed E-state index contributed by atoms with van der Waals surface area (Å²) < 4.78 is 27.2. The van der Waals surface area contributed by atoms with Crippen LogP contribution in [0.5, 0.6) is 0 Å². The molecule has 0 unspecified atom stereocenters. The van der Waals surface area contributed by atoms with Crippen molar-refractivity contribution in [2.75, 3.05) is 0 Å². The lowest BCUT2D eigenvalue weighted by Gasteiger charge is -2.21. The van der Waals surface area contributed by atoms with Crippen molar-refractivity contribution >= 4 is 10.0 Å². The van der Waals surface area contributed by atoms with Crippen LogP contribution in [0.25, 0.3) is 10.4 Å². The smallest absolute Gasteiger partial charge is 0.208 e. The second-order valence-electron chi connectivity index (χ2n) is 4.78. The molecule has 1 N–H and O–H groups in total. The predicted octanol–water partition coefficient (Wildman–Crippen LogP) is 3.41. The molecule has 0 aliphatic rings. The summed E-state index contributed by atoms with van der Waals surface area (Å²) in [5, 5.41) is 3.73. The monoisotopic (exact) mass is 316 g/mol. The zero-order valence-electron chi connectivity index (χ0n) is 12.0. The lowest BCUT2D eigenvalue weighted by atomic mass is 10.0. The summed E-state index contributed by atoms with van der Waals surface area (Å²) in [4.78, 5) is 3.00. The average Bonchev–Trinajstić information content (AvgIpc) is 2.54. The molecule has 0 heterocycles. The van der Waals surface area contributed by atoms with Gasteiger partial charge in [0.2, 0.25) is 10.0 Å². The summed E-state index contributed by atoms with van der Waals surface area (Å²) in [6.07, 6.45) is 0. The van der Waals surface area contributed by atoms with Crippen LogP contribution in [0, 0.1) is 0 Å². The summed E-state index contributed by atoms with van der Waals surface area (Å²) in [5.41, 5.74) is 9.50. The van der Waals surface area contributed by atoms with Crippen molar-refractivity contribution in [3.05, 3.63) is 76.7 Å². The van der Waals surface area contributed by atoms with E-state index in [2.05, 4.69) is 14.7 Å². The largest absolute Gasteiger partial charge is 0.240 e. The zero-order chi connectivity index (χ0) is 16.0. The van der Waals surface area contributed by atoms with Crippen molar-refractivity contribution in [3.63, 3.8) is 0 Å². The number of sulfonamides is 1. The van der Waals surface area contributed by atoms with E-state index in [1.807, 2.05) is 18.2 Å². The highest BCUT2D eigenvalue weighted by atomic mass is 32.2. The zero-order valence-corrected chi connectivity index (χ0v) is 12.8. The Hall–Kier alpha value is -2.34. The van der Waals surface area contributed by atoms with E-state index in [4.69, 9.17) is 5.53 Å². The molecule has 2 aromatic carbocycles. The summed E-state index contributed by atoms with van der Waals surface area (Å²) in [7, 11) is -3.66. The fraction of sp³-hybridized carbons (Fsp3) is 0.200. The molecule has 0 aliphatic carbocycles. The van der Waals surface area contributed by atoms with Crippen LogP contribution in [-0.2, 0) is 10.0 Å². The Labute approximate surface area is 129 Å². The SMILES string of the molecule is C[C@@H](NS(=O)(=O)c1ccccc1)[C@@H](N=[N+]=[N-])c1ccccc1. The first-order valence-corrected chi connectivity index (χ1v) is 8.19. The number of nitrogens with one attached hydrogen (secondary N) is 1. The van der Waals surface area contributed by atoms with Crippen molar-refractivity contribution in [3.8, 4) is 0 Å². The van der Waals surface area contributed by atoms with Gasteiger partial charge >= 0.3 is 0 Å². The highest BCUT2D eigenvalue weighted by Gasteiger charge is 2.24. The molecular formula is C15H16N4O2S. The first-order valence-electron chi connectivity index (χ1n) is 6.71. The molecule has 22 heavy (non-hydrogen) atoms. The number of hydrogen-bond donors (Lipinski definition) is 1. The fourth-order valence-corrected chi connectivity index (χ4v) is 3.41. The van der Waals surface area contributed by atoms with E-state index in [0.717, 1.165) is 5.56 Å². The number of nitrogens with zero attached hydrogens (tertiary/aromatic N) is 3. The highest BCUT2D eigenvalue weighted by Crippen LogP contribution is 2.23. The van der Waals surface area contributed by atoms with Gasteiger partial charge in [0.25, 0.3) is 0 Å². The van der Waals surface area contributed by atoms with Crippen LogP contribution in [-0.4, -0.2) is 14.5 Å². The quantitative estimate of drug-likeness (QED) is 0.502. The average molecular weight is 316 g/mol. The van der Waals surface area contributed by atoms with Crippen LogP contribution in [0.1, 0.15) is 18.5 Å². The van der Waals surface area contributed by atoms with Gasteiger partial charge in [0.1, 0.15) is 0 Å². The second-order valence-corrected chi connectivity index (χ2v) is 6.50. The van der Waals surface area contributed by atoms with Gasteiger partial charge in [-0.1, -0.05) is 53.6 Å². The van der Waals surface area contributed by atoms with Crippen LogP contribution in [0.3, 0.4) is 0 Å². The summed E-state index contributed by atoms with van der Waals surface area (Å²) >= 11 is 0. The first kappa shape index (κ1) is 16.0. The molecule has 0 aliphatic heterocycles. The Morgan fingerprint density at radius 2 is 1.59 bits per heavy atom. The van der Waals surface area contributed by atoms with E-state index in [-0.39, 0.29) is 4.90 Å². The molecule has 2 atom stereocenters. The van der Waals surface area contributed by atoms with Gasteiger partial charge in [-0.15, -0.1) is 0 Å². The Kier molecular flexibility index (Phi) is 5.16. The lowest BCUT2D eigenvalue weighted by molar-refractivity contribution is 0.514. The molecule has 0 saturated heterocycles. The van der Waals surface area contributed by atoms with E-state index in [9.17, 15) is 8.42 Å². The summed E-state index contributed by atoms with van der Waals surface area (Å²) in [6, 6.07) is 15.9. The maximum absolute atomic E-state index is 12.3. The molecule has 0 fully saturated rings. The molecule has 0 saturated carbocycles. The number of hydrogen-bond acceptors (Lipinski definition) is 3. The summed E-state index contributed by atoms with van der Waals surface area (Å²) in [6.45, 7) is 1.67. The van der Waals surface area contributed by atoms with Gasteiger partial charge in [0, 0.05) is 11.0 Å². The Morgan fingerprint density at radius 3 is 2.14 bits per heavy atom. The molecular weight excluding hydrogens is 300 g/mol. The van der Waals surface area contributed by atoms with Crippen LogP contribution in [0.2, 0.25) is 0 Å². The molecule has 2 rings (SSSR count). The predicted molar refractivity (Wildman–Crippen MR) is 84.6 cm³/mol. The Balaban J connectivity index is 2.26. The molecule has 7 heteroatoms. The van der Waals surface area contributed by atoms with Gasteiger partial charge in [-0.05, 0) is 30.2 Å². The van der Waals surface area contributed by atoms with Crippen molar-refractivity contribution in [2.45, 2.75) is 23.9 Å². The van der Waals surface area contributed by atoms with Crippen molar-refractivity contribution in [1.82, 2.24) is 4.72 Å². The fourth-order valence-electron chi connectivity index (χ4n) is 2.14. The third-order valence-electron chi connectivity index (χ3n) is 3.19. The lowest BCUT2D eigenvalue weighted by Crippen LogP contribution is -2.36. The van der Waals surface area contributed by atoms with Crippen molar-refractivity contribution in [2.24, 2.45) is 5.11 Å². The summed E-state index contributed by atoms with van der Waals surface area (Å²) in [5.74, 6) is 0. The maximum Gasteiger partial charge on any atom is 0.240 e.